The molecule has 4 nitrogen and oxygen atoms in total. The molecule has 0 N–H and O–H groups in total. The van der Waals surface area contributed by atoms with Crippen molar-refractivity contribution in [3.05, 3.63) is 65.2 Å². The highest BCUT2D eigenvalue weighted by molar-refractivity contribution is 7.99. The molecular weight excluding hydrogens is 304 g/mol. The van der Waals surface area contributed by atoms with Crippen molar-refractivity contribution >= 4 is 17.5 Å². The molecule has 1 aromatic heterocycles. The van der Waals surface area contributed by atoms with Crippen LogP contribution in [0.5, 0.6) is 0 Å². The molecule has 0 bridgehead atoms. The van der Waals surface area contributed by atoms with Crippen LogP contribution in [0.2, 0.25) is 0 Å². The zero-order valence-corrected chi connectivity index (χ0v) is 13.8. The zero-order valence-electron chi connectivity index (χ0n) is 13.0. The molecular formula is C18H16N4S. The molecule has 1 aliphatic rings. The molecule has 0 atom stereocenters. The van der Waals surface area contributed by atoms with Gasteiger partial charge in [-0.05, 0) is 25.0 Å². The molecule has 0 saturated carbocycles. The topological polar surface area (TPSA) is 43.1 Å². The maximum Gasteiger partial charge on any atom is 0.212 e. The minimum atomic E-state index is 0.802. The number of nitrogens with zero attached hydrogens (tertiary/aromatic N) is 4. The van der Waals surface area contributed by atoms with E-state index >= 15 is 0 Å². The van der Waals surface area contributed by atoms with Gasteiger partial charge in [-0.1, -0.05) is 60.3 Å². The lowest BCUT2D eigenvalue weighted by Gasteiger charge is -2.15. The van der Waals surface area contributed by atoms with Crippen molar-refractivity contribution in [1.29, 1.82) is 0 Å². The number of hydrogen-bond donors (Lipinski definition) is 0. The van der Waals surface area contributed by atoms with Crippen LogP contribution >= 0.6 is 11.8 Å². The van der Waals surface area contributed by atoms with Crippen LogP contribution in [0, 0.1) is 13.8 Å². The van der Waals surface area contributed by atoms with Crippen molar-refractivity contribution in [3.8, 4) is 11.4 Å². The van der Waals surface area contributed by atoms with Crippen LogP contribution in [-0.4, -0.2) is 26.3 Å². The summed E-state index contributed by atoms with van der Waals surface area (Å²) < 4.78 is 1.87. The summed E-state index contributed by atoms with van der Waals surface area (Å²) in [5.41, 5.74) is 5.73. The maximum absolute atomic E-state index is 4.84. The van der Waals surface area contributed by atoms with E-state index < -0.39 is 0 Å². The fourth-order valence-corrected chi connectivity index (χ4v) is 3.58. The Labute approximate surface area is 139 Å². The van der Waals surface area contributed by atoms with Crippen molar-refractivity contribution in [2.45, 2.75) is 19.0 Å². The predicted molar refractivity (Wildman–Crippen MR) is 94.0 cm³/mol. The van der Waals surface area contributed by atoms with Crippen LogP contribution in [0.15, 0.2) is 58.8 Å². The Morgan fingerprint density at radius 1 is 0.870 bits per heavy atom. The third-order valence-corrected chi connectivity index (χ3v) is 4.94. The van der Waals surface area contributed by atoms with Gasteiger partial charge in [0.1, 0.15) is 0 Å². The van der Waals surface area contributed by atoms with Crippen LogP contribution in [0.4, 0.5) is 0 Å². The molecule has 3 aromatic rings. The fourth-order valence-electron chi connectivity index (χ4n) is 2.75. The van der Waals surface area contributed by atoms with Gasteiger partial charge in [0.2, 0.25) is 5.16 Å². The number of rotatable bonds is 2. The van der Waals surface area contributed by atoms with Gasteiger partial charge >= 0.3 is 0 Å². The van der Waals surface area contributed by atoms with Gasteiger partial charge in [0.15, 0.2) is 5.82 Å². The molecule has 114 valence electrons. The highest BCUT2D eigenvalue weighted by atomic mass is 32.2. The van der Waals surface area contributed by atoms with Crippen molar-refractivity contribution < 1.29 is 0 Å². The number of fused-ring (bicyclic) bond motifs is 1. The van der Waals surface area contributed by atoms with Crippen molar-refractivity contribution in [1.82, 2.24) is 14.9 Å². The van der Waals surface area contributed by atoms with Gasteiger partial charge in [0.05, 0.1) is 5.71 Å². The van der Waals surface area contributed by atoms with Crippen LogP contribution in [-0.2, 0) is 0 Å². The van der Waals surface area contributed by atoms with Crippen LogP contribution < -0.4 is 0 Å². The number of hydrogen-bond acceptors (Lipinski definition) is 4. The Morgan fingerprint density at radius 3 is 2.22 bits per heavy atom. The molecule has 0 aliphatic carbocycles. The van der Waals surface area contributed by atoms with Crippen LogP contribution in [0.3, 0.4) is 0 Å². The van der Waals surface area contributed by atoms with E-state index in [9.17, 15) is 0 Å². The molecule has 0 spiro atoms. The molecule has 0 amide bonds. The SMILES string of the molecule is Cc1ccccc1C1=Nn2c(nnc2-c2ccccc2C)SC1. The number of thioether (sulfide) groups is 1. The normalized spacial score (nSPS) is 13.6. The molecule has 0 unspecified atom stereocenters. The Balaban J connectivity index is 1.85. The number of benzene rings is 2. The summed E-state index contributed by atoms with van der Waals surface area (Å²) in [4.78, 5) is 0. The summed E-state index contributed by atoms with van der Waals surface area (Å²) in [6.07, 6.45) is 0. The average molecular weight is 320 g/mol. The van der Waals surface area contributed by atoms with Gasteiger partial charge in [0, 0.05) is 16.9 Å². The van der Waals surface area contributed by atoms with Crippen LogP contribution in [0.1, 0.15) is 16.7 Å². The predicted octanol–water partition coefficient (Wildman–Crippen LogP) is 3.92. The summed E-state index contributed by atoms with van der Waals surface area (Å²) in [5.74, 6) is 1.62. The van der Waals surface area contributed by atoms with Gasteiger partial charge in [-0.2, -0.15) is 9.78 Å². The minimum absolute atomic E-state index is 0.802. The molecule has 4 rings (SSSR count). The Bertz CT molecular complexity index is 911. The molecule has 0 fully saturated rings. The lowest BCUT2D eigenvalue weighted by Crippen LogP contribution is -2.15. The second kappa shape index (κ2) is 5.66. The van der Waals surface area contributed by atoms with E-state index in [2.05, 4.69) is 60.4 Å². The quantitative estimate of drug-likeness (QED) is 0.719. The first-order valence-corrected chi connectivity index (χ1v) is 8.50. The average Bonchev–Trinajstić information content (AvgIpc) is 2.99. The third-order valence-electron chi connectivity index (χ3n) is 4.01. The van der Waals surface area contributed by atoms with Gasteiger partial charge in [-0.15, -0.1) is 10.2 Å². The van der Waals surface area contributed by atoms with E-state index in [1.165, 1.54) is 16.7 Å². The molecule has 5 heteroatoms. The first-order valence-electron chi connectivity index (χ1n) is 7.52. The standard InChI is InChI=1S/C18H16N4S/c1-12-7-3-5-9-14(12)16-11-23-18-20-19-17(22(18)21-16)15-10-6-4-8-13(15)2/h3-10H,11H2,1-2H3. The van der Waals surface area contributed by atoms with Crippen molar-refractivity contribution in [2.75, 3.05) is 5.75 Å². The molecule has 2 heterocycles. The van der Waals surface area contributed by atoms with E-state index in [1.807, 2.05) is 16.8 Å². The van der Waals surface area contributed by atoms with Gasteiger partial charge in [0.25, 0.3) is 0 Å². The second-order valence-electron chi connectivity index (χ2n) is 5.58. The molecule has 1 aliphatic heterocycles. The third kappa shape index (κ3) is 2.47. The zero-order chi connectivity index (χ0) is 15.8. The molecule has 23 heavy (non-hydrogen) atoms. The van der Waals surface area contributed by atoms with E-state index in [0.717, 1.165) is 28.0 Å². The van der Waals surface area contributed by atoms with Gasteiger partial charge in [-0.25, -0.2) is 0 Å². The van der Waals surface area contributed by atoms with E-state index in [-0.39, 0.29) is 0 Å². The highest BCUT2D eigenvalue weighted by Gasteiger charge is 2.21. The van der Waals surface area contributed by atoms with Crippen LogP contribution in [0.25, 0.3) is 11.4 Å². The highest BCUT2D eigenvalue weighted by Crippen LogP contribution is 2.30. The van der Waals surface area contributed by atoms with Crippen molar-refractivity contribution in [3.63, 3.8) is 0 Å². The van der Waals surface area contributed by atoms with Crippen molar-refractivity contribution in [2.24, 2.45) is 5.10 Å². The lowest BCUT2D eigenvalue weighted by molar-refractivity contribution is 0.762. The Kier molecular flexibility index (Phi) is 3.50. The lowest BCUT2D eigenvalue weighted by atomic mass is 10.1. The van der Waals surface area contributed by atoms with Gasteiger partial charge in [-0.3, -0.25) is 0 Å². The summed E-state index contributed by atoms with van der Waals surface area (Å²) in [7, 11) is 0. The monoisotopic (exact) mass is 320 g/mol. The first kappa shape index (κ1) is 14.2. The van der Waals surface area contributed by atoms with E-state index in [0.29, 0.717) is 0 Å². The van der Waals surface area contributed by atoms with E-state index in [1.54, 1.807) is 11.8 Å². The second-order valence-corrected chi connectivity index (χ2v) is 6.53. The summed E-state index contributed by atoms with van der Waals surface area (Å²) in [6.45, 7) is 4.20. The van der Waals surface area contributed by atoms with E-state index in [4.69, 9.17) is 5.10 Å². The number of aromatic nitrogens is 3. The molecule has 2 aromatic carbocycles. The number of aryl methyl sites for hydroxylation is 2. The smallest absolute Gasteiger partial charge is 0.187 e. The Hall–Kier alpha value is -2.40. The fraction of sp³-hybridized carbons (Fsp3) is 0.167. The molecule has 0 radical (unpaired) electrons. The first-order chi connectivity index (χ1) is 11.2. The van der Waals surface area contributed by atoms with Gasteiger partial charge < -0.3 is 0 Å². The molecule has 0 saturated heterocycles. The summed E-state index contributed by atoms with van der Waals surface area (Å²) in [5, 5.41) is 14.3. The minimum Gasteiger partial charge on any atom is -0.187 e. The summed E-state index contributed by atoms with van der Waals surface area (Å²) >= 11 is 1.68. The largest absolute Gasteiger partial charge is 0.212 e. The Morgan fingerprint density at radius 2 is 1.52 bits per heavy atom. The maximum atomic E-state index is 4.84. The summed E-state index contributed by atoms with van der Waals surface area (Å²) in [6, 6.07) is 16.5.